The molecule has 322 valence electrons. The van der Waals surface area contributed by atoms with Gasteiger partial charge in [0.05, 0.1) is 65.6 Å². The number of carbonyl (C=O) groups excluding carboxylic acids is 4. The SMILES string of the molecule is C#CCOCCOCCNC(=O)CCC(CCC(=O)NCCOCCOCC#C)(CCC(=O)NCCOCCOCC#C)NC(=O)[C@H]1CC[C@@H](OP(C)(=O)O)CC1. The summed E-state index contributed by atoms with van der Waals surface area (Å²) in [5, 5.41) is 11.6. The summed E-state index contributed by atoms with van der Waals surface area (Å²) in [6.45, 7) is 4.99. The van der Waals surface area contributed by atoms with Crippen molar-refractivity contribution >= 4 is 31.2 Å². The Morgan fingerprint density at radius 3 is 1.30 bits per heavy atom. The largest absolute Gasteiger partial charge is 0.377 e. The summed E-state index contributed by atoms with van der Waals surface area (Å²) in [5.74, 6) is 5.47. The Kier molecular flexibility index (Phi) is 29.3. The number of hydrogen-bond acceptors (Lipinski definition) is 12. The first-order valence-corrected chi connectivity index (χ1v) is 21.3. The van der Waals surface area contributed by atoms with Crippen LogP contribution in [0.25, 0.3) is 0 Å². The Bertz CT molecular complexity index is 1220. The molecular formula is C39H63N4O13P. The number of hydrogen-bond donors (Lipinski definition) is 5. The molecule has 0 aromatic carbocycles. The molecule has 1 atom stereocenters. The van der Waals surface area contributed by atoms with Gasteiger partial charge >= 0.3 is 7.60 Å². The fraction of sp³-hybridized carbons (Fsp3) is 0.744. The van der Waals surface area contributed by atoms with Crippen molar-refractivity contribution in [1.82, 2.24) is 21.3 Å². The monoisotopic (exact) mass is 826 g/mol. The number of amides is 4. The van der Waals surface area contributed by atoms with Crippen molar-refractivity contribution in [3.05, 3.63) is 0 Å². The van der Waals surface area contributed by atoms with Gasteiger partial charge in [-0.2, -0.15) is 0 Å². The number of nitrogens with one attached hydrogen (secondary N) is 4. The summed E-state index contributed by atoms with van der Waals surface area (Å²) in [5.41, 5.74) is -1.12. The third-order valence-corrected chi connectivity index (χ3v) is 9.34. The maximum Gasteiger partial charge on any atom is 0.325 e. The van der Waals surface area contributed by atoms with Gasteiger partial charge in [-0.05, 0) is 44.9 Å². The van der Waals surface area contributed by atoms with Gasteiger partial charge < -0.3 is 59.1 Å². The second-order valence-corrected chi connectivity index (χ2v) is 15.1. The van der Waals surface area contributed by atoms with Crippen molar-refractivity contribution in [3.63, 3.8) is 0 Å². The fourth-order valence-corrected chi connectivity index (χ4v) is 6.56. The molecule has 0 radical (unpaired) electrons. The van der Waals surface area contributed by atoms with E-state index in [2.05, 4.69) is 39.0 Å². The van der Waals surface area contributed by atoms with E-state index in [1.165, 1.54) is 0 Å². The van der Waals surface area contributed by atoms with E-state index in [0.29, 0.717) is 65.3 Å². The maximum atomic E-state index is 13.9. The zero-order valence-electron chi connectivity index (χ0n) is 33.4. The second-order valence-electron chi connectivity index (χ2n) is 13.3. The first-order valence-electron chi connectivity index (χ1n) is 19.3. The summed E-state index contributed by atoms with van der Waals surface area (Å²) in [4.78, 5) is 62.7. The molecule has 1 rings (SSSR count). The van der Waals surface area contributed by atoms with E-state index in [4.69, 9.17) is 52.2 Å². The average Bonchev–Trinajstić information content (AvgIpc) is 3.18. The third kappa shape index (κ3) is 28.5. The van der Waals surface area contributed by atoms with Crippen LogP contribution in [-0.2, 0) is 56.7 Å². The van der Waals surface area contributed by atoms with Gasteiger partial charge in [-0.1, -0.05) is 17.8 Å². The molecule has 0 heterocycles. The smallest absolute Gasteiger partial charge is 0.325 e. The second kappa shape index (κ2) is 32.4. The average molecular weight is 827 g/mol. The highest BCUT2D eigenvalue weighted by molar-refractivity contribution is 7.51. The summed E-state index contributed by atoms with van der Waals surface area (Å²) >= 11 is 0. The molecule has 0 aromatic rings. The summed E-state index contributed by atoms with van der Waals surface area (Å²) in [6.07, 6.45) is 17.0. The minimum Gasteiger partial charge on any atom is -0.377 e. The van der Waals surface area contributed by atoms with Gasteiger partial charge in [-0.25, -0.2) is 0 Å². The van der Waals surface area contributed by atoms with Crippen LogP contribution in [0.4, 0.5) is 0 Å². The summed E-state index contributed by atoms with van der Waals surface area (Å²) in [7, 11) is -3.70. The van der Waals surface area contributed by atoms with Crippen molar-refractivity contribution in [1.29, 1.82) is 0 Å². The van der Waals surface area contributed by atoms with Crippen LogP contribution < -0.4 is 21.3 Å². The van der Waals surface area contributed by atoms with Gasteiger partial charge in [-0.3, -0.25) is 23.7 Å². The van der Waals surface area contributed by atoms with E-state index in [0.717, 1.165) is 6.66 Å². The van der Waals surface area contributed by atoms with Crippen molar-refractivity contribution < 1.29 is 61.6 Å². The summed E-state index contributed by atoms with van der Waals surface area (Å²) in [6, 6.07) is 0. The van der Waals surface area contributed by atoms with Crippen molar-refractivity contribution in [2.75, 3.05) is 106 Å². The van der Waals surface area contributed by atoms with E-state index in [9.17, 15) is 28.6 Å². The molecule has 0 saturated heterocycles. The standard InChI is InChI=1S/C39H63N4O13P/c1-5-21-50-27-30-53-24-18-40-35(44)12-15-39(16-13-36(45)41-19-25-54-31-28-51-22-6-2,17-14-37(46)42-20-26-55-32-29-52-23-7-3)43-38(47)33-8-10-34(11-9-33)56-57(4,48)49/h1-3,33-34H,8-32H2,4H3,(H,40,44)(H,41,45)(H,42,46)(H,43,47)(H,48,49)/t33-,34+. The Morgan fingerprint density at radius 1 is 0.614 bits per heavy atom. The molecule has 18 heteroatoms. The van der Waals surface area contributed by atoms with E-state index in [1.807, 2.05) is 0 Å². The van der Waals surface area contributed by atoms with Crippen LogP contribution in [-0.4, -0.2) is 146 Å². The summed E-state index contributed by atoms with van der Waals surface area (Å²) < 4.78 is 49.0. The van der Waals surface area contributed by atoms with Crippen LogP contribution in [0.3, 0.4) is 0 Å². The third-order valence-electron chi connectivity index (χ3n) is 8.65. The number of carbonyl (C=O) groups is 4. The Hall–Kier alpha value is -3.53. The van der Waals surface area contributed by atoms with E-state index in [-0.39, 0.29) is 121 Å². The minimum absolute atomic E-state index is 0.0111. The van der Waals surface area contributed by atoms with E-state index in [1.54, 1.807) is 0 Å². The Labute approximate surface area is 337 Å². The first-order chi connectivity index (χ1) is 27.4. The maximum absolute atomic E-state index is 13.9. The normalized spacial score (nSPS) is 16.3. The van der Waals surface area contributed by atoms with Crippen LogP contribution in [0.1, 0.15) is 64.2 Å². The molecule has 1 fully saturated rings. The Balaban J connectivity index is 3.01. The molecule has 57 heavy (non-hydrogen) atoms. The van der Waals surface area contributed by atoms with Crippen molar-refractivity contribution in [3.8, 4) is 37.0 Å². The number of ether oxygens (including phenoxy) is 6. The molecule has 5 N–H and O–H groups in total. The molecule has 1 aliphatic rings. The highest BCUT2D eigenvalue weighted by atomic mass is 31.2. The first kappa shape index (κ1) is 51.5. The lowest BCUT2D eigenvalue weighted by Crippen LogP contribution is -2.52. The van der Waals surface area contributed by atoms with E-state index >= 15 is 0 Å². The predicted octanol–water partition coefficient (Wildman–Crippen LogP) is 0.920. The van der Waals surface area contributed by atoms with Crippen LogP contribution >= 0.6 is 7.60 Å². The molecular weight excluding hydrogens is 763 g/mol. The number of rotatable bonds is 34. The number of terminal acetylenes is 3. The van der Waals surface area contributed by atoms with Crippen molar-refractivity contribution in [2.24, 2.45) is 5.92 Å². The van der Waals surface area contributed by atoms with E-state index < -0.39 is 25.2 Å². The molecule has 1 unspecified atom stereocenters. The van der Waals surface area contributed by atoms with Gasteiger partial charge in [0.1, 0.15) is 19.8 Å². The van der Waals surface area contributed by atoms with Crippen LogP contribution in [0.2, 0.25) is 0 Å². The molecule has 0 aromatic heterocycles. The van der Waals surface area contributed by atoms with Crippen LogP contribution in [0.5, 0.6) is 0 Å². The molecule has 1 aliphatic carbocycles. The van der Waals surface area contributed by atoms with Gasteiger partial charge in [0, 0.05) is 57.0 Å². The Morgan fingerprint density at radius 2 is 0.965 bits per heavy atom. The van der Waals surface area contributed by atoms with Crippen molar-refractivity contribution in [2.45, 2.75) is 75.9 Å². The van der Waals surface area contributed by atoms with Crippen LogP contribution in [0, 0.1) is 42.9 Å². The van der Waals surface area contributed by atoms with Gasteiger partial charge in [0.25, 0.3) is 0 Å². The molecule has 0 bridgehead atoms. The van der Waals surface area contributed by atoms with Gasteiger partial charge in [-0.15, -0.1) is 19.3 Å². The lowest BCUT2D eigenvalue weighted by Gasteiger charge is -2.37. The topological polar surface area (TPSA) is 218 Å². The zero-order chi connectivity index (χ0) is 42.0. The fourth-order valence-electron chi connectivity index (χ4n) is 5.80. The highest BCUT2D eigenvalue weighted by Gasteiger charge is 2.37. The molecule has 1 saturated carbocycles. The highest BCUT2D eigenvalue weighted by Crippen LogP contribution is 2.42. The van der Waals surface area contributed by atoms with Gasteiger partial charge in [0.15, 0.2) is 0 Å². The molecule has 17 nitrogen and oxygen atoms in total. The molecule has 0 aliphatic heterocycles. The minimum atomic E-state index is -3.70. The lowest BCUT2D eigenvalue weighted by molar-refractivity contribution is -0.131. The molecule has 0 spiro atoms. The zero-order valence-corrected chi connectivity index (χ0v) is 34.3. The predicted molar refractivity (Wildman–Crippen MR) is 212 cm³/mol. The van der Waals surface area contributed by atoms with Gasteiger partial charge in [0.2, 0.25) is 23.6 Å². The lowest BCUT2D eigenvalue weighted by atomic mass is 9.81. The van der Waals surface area contributed by atoms with Crippen LogP contribution in [0.15, 0.2) is 0 Å². The quantitative estimate of drug-likeness (QED) is 0.0347. The molecule has 4 amide bonds.